The van der Waals surface area contributed by atoms with Crippen LogP contribution in [0.2, 0.25) is 0 Å². The number of fused-ring (bicyclic) bond motifs is 3. The molecule has 2 heterocycles. The van der Waals surface area contributed by atoms with E-state index in [2.05, 4.69) is 9.72 Å². The summed E-state index contributed by atoms with van der Waals surface area (Å²) in [4.78, 5) is 5.77. The maximum atomic E-state index is 9.95. The number of nitrogens with one attached hydrogen (secondary N) is 1. The molecule has 0 amide bonds. The third-order valence-corrected chi connectivity index (χ3v) is 5.73. The molecular formula is C21H23N3O4S. The molecule has 0 saturated heterocycles. The molecule has 0 fully saturated rings. The molecule has 0 unspecified atom stereocenters. The number of benzene rings is 2. The molecule has 152 valence electrons. The normalized spacial score (nSPS) is 11.3. The molecule has 8 heteroatoms. The van der Waals surface area contributed by atoms with Crippen molar-refractivity contribution in [1.29, 1.82) is 0 Å². The van der Waals surface area contributed by atoms with Gasteiger partial charge in [-0.2, -0.15) is 0 Å². The average molecular weight is 413 g/mol. The van der Waals surface area contributed by atoms with Crippen molar-refractivity contribution in [1.82, 2.24) is 9.38 Å². The van der Waals surface area contributed by atoms with Crippen molar-refractivity contribution >= 4 is 32.3 Å². The number of imidazole rings is 1. The molecule has 0 saturated carbocycles. The first-order valence-electron chi connectivity index (χ1n) is 9.25. The average Bonchev–Trinajstić information content (AvgIpc) is 3.27. The SMILES string of the molecule is COCCCNc1c(-c2ccc(O)c(OC)c2)nc2sc3cc(OC)ccc3n12. The fourth-order valence-corrected chi connectivity index (χ4v) is 4.34. The number of thiazole rings is 1. The van der Waals surface area contributed by atoms with E-state index >= 15 is 0 Å². The molecule has 0 radical (unpaired) electrons. The van der Waals surface area contributed by atoms with E-state index in [0.29, 0.717) is 12.4 Å². The molecule has 29 heavy (non-hydrogen) atoms. The molecule has 2 aromatic carbocycles. The summed E-state index contributed by atoms with van der Waals surface area (Å²) < 4.78 is 19.0. The van der Waals surface area contributed by atoms with Crippen LogP contribution in [0, 0.1) is 0 Å². The van der Waals surface area contributed by atoms with Gasteiger partial charge in [0.2, 0.25) is 0 Å². The van der Waals surface area contributed by atoms with Crippen LogP contribution in [0.25, 0.3) is 26.4 Å². The van der Waals surface area contributed by atoms with Crippen molar-refractivity contribution in [3.63, 3.8) is 0 Å². The Hall–Kier alpha value is -2.97. The van der Waals surface area contributed by atoms with Gasteiger partial charge in [0.05, 0.1) is 24.4 Å². The molecule has 2 N–H and O–H groups in total. The Morgan fingerprint density at radius 1 is 1.10 bits per heavy atom. The van der Waals surface area contributed by atoms with Crippen molar-refractivity contribution in [2.75, 3.05) is 39.8 Å². The predicted molar refractivity (Wildman–Crippen MR) is 116 cm³/mol. The largest absolute Gasteiger partial charge is 0.504 e. The number of hydrogen-bond acceptors (Lipinski definition) is 7. The minimum Gasteiger partial charge on any atom is -0.504 e. The number of aromatic hydroxyl groups is 1. The van der Waals surface area contributed by atoms with Crippen LogP contribution < -0.4 is 14.8 Å². The van der Waals surface area contributed by atoms with Crippen LogP contribution in [0.4, 0.5) is 5.82 Å². The zero-order valence-corrected chi connectivity index (χ0v) is 17.4. The molecule has 0 spiro atoms. The van der Waals surface area contributed by atoms with Crippen LogP contribution in [-0.4, -0.2) is 49.0 Å². The lowest BCUT2D eigenvalue weighted by atomic mass is 10.1. The Kier molecular flexibility index (Phi) is 5.46. The van der Waals surface area contributed by atoms with Crippen molar-refractivity contribution < 1.29 is 19.3 Å². The van der Waals surface area contributed by atoms with E-state index in [1.807, 2.05) is 24.3 Å². The van der Waals surface area contributed by atoms with E-state index in [1.165, 1.54) is 7.11 Å². The molecule has 7 nitrogen and oxygen atoms in total. The van der Waals surface area contributed by atoms with E-state index in [-0.39, 0.29) is 5.75 Å². The molecular weight excluding hydrogens is 390 g/mol. The van der Waals surface area contributed by atoms with Crippen molar-refractivity contribution in [3.8, 4) is 28.5 Å². The number of aromatic nitrogens is 2. The molecule has 4 aromatic rings. The number of nitrogens with zero attached hydrogens (tertiary/aromatic N) is 2. The summed E-state index contributed by atoms with van der Waals surface area (Å²) in [5.41, 5.74) is 2.74. The second kappa shape index (κ2) is 8.18. The summed E-state index contributed by atoms with van der Waals surface area (Å²) in [6.45, 7) is 1.43. The lowest BCUT2D eigenvalue weighted by Crippen LogP contribution is -2.07. The second-order valence-electron chi connectivity index (χ2n) is 6.52. The van der Waals surface area contributed by atoms with E-state index in [0.717, 1.165) is 51.0 Å². The van der Waals surface area contributed by atoms with Crippen molar-refractivity contribution in [2.45, 2.75) is 6.42 Å². The minimum absolute atomic E-state index is 0.101. The van der Waals surface area contributed by atoms with Crippen LogP contribution in [0.3, 0.4) is 0 Å². The monoisotopic (exact) mass is 413 g/mol. The molecule has 0 bridgehead atoms. The van der Waals surface area contributed by atoms with Gasteiger partial charge in [-0.1, -0.05) is 11.3 Å². The number of anilines is 1. The molecule has 2 aromatic heterocycles. The summed E-state index contributed by atoms with van der Waals surface area (Å²) in [5, 5.41) is 13.5. The molecule has 0 aliphatic carbocycles. The Labute approximate surface area is 172 Å². The van der Waals surface area contributed by atoms with Crippen LogP contribution in [-0.2, 0) is 4.74 Å². The van der Waals surface area contributed by atoms with Crippen LogP contribution in [0.1, 0.15) is 6.42 Å². The maximum Gasteiger partial charge on any atom is 0.197 e. The molecule has 0 aliphatic rings. The highest BCUT2D eigenvalue weighted by Gasteiger charge is 2.19. The first-order chi connectivity index (χ1) is 14.2. The highest BCUT2D eigenvalue weighted by molar-refractivity contribution is 7.23. The van der Waals surface area contributed by atoms with E-state index in [4.69, 9.17) is 19.2 Å². The Balaban J connectivity index is 1.86. The Morgan fingerprint density at radius 3 is 2.72 bits per heavy atom. The fraction of sp³-hybridized carbons (Fsp3) is 0.286. The minimum atomic E-state index is 0.101. The van der Waals surface area contributed by atoms with Gasteiger partial charge in [-0.3, -0.25) is 4.40 Å². The lowest BCUT2D eigenvalue weighted by Gasteiger charge is -2.10. The number of hydrogen-bond donors (Lipinski definition) is 2. The summed E-state index contributed by atoms with van der Waals surface area (Å²) in [6, 6.07) is 11.3. The van der Waals surface area contributed by atoms with Crippen molar-refractivity contribution in [2.24, 2.45) is 0 Å². The van der Waals surface area contributed by atoms with Gasteiger partial charge >= 0.3 is 0 Å². The third kappa shape index (κ3) is 3.56. The summed E-state index contributed by atoms with van der Waals surface area (Å²) >= 11 is 1.60. The van der Waals surface area contributed by atoms with Crippen LogP contribution in [0.5, 0.6) is 17.2 Å². The maximum absolute atomic E-state index is 9.95. The quantitative estimate of drug-likeness (QED) is 0.417. The standard InChI is InChI=1S/C21H23N3O4S/c1-26-10-4-9-22-20-19(13-5-8-16(25)17(11-13)28-3)23-21-24(20)15-7-6-14(27-2)12-18(15)29-21/h5-8,11-12,22,25H,4,9-10H2,1-3H3. The van der Waals surface area contributed by atoms with E-state index < -0.39 is 0 Å². The first-order valence-corrected chi connectivity index (χ1v) is 10.1. The van der Waals surface area contributed by atoms with Gasteiger partial charge in [-0.05, 0) is 42.8 Å². The van der Waals surface area contributed by atoms with Gasteiger partial charge in [-0.15, -0.1) is 0 Å². The van der Waals surface area contributed by atoms with E-state index in [9.17, 15) is 5.11 Å². The fourth-order valence-electron chi connectivity index (χ4n) is 3.29. The van der Waals surface area contributed by atoms with Gasteiger partial charge < -0.3 is 24.6 Å². The second-order valence-corrected chi connectivity index (χ2v) is 7.53. The molecule has 0 atom stereocenters. The molecule has 0 aliphatic heterocycles. The summed E-state index contributed by atoms with van der Waals surface area (Å²) in [6.07, 6.45) is 0.873. The van der Waals surface area contributed by atoms with Gasteiger partial charge in [0, 0.05) is 25.8 Å². The third-order valence-electron chi connectivity index (χ3n) is 4.73. The molecule has 4 rings (SSSR count). The highest BCUT2D eigenvalue weighted by Crippen LogP contribution is 2.39. The summed E-state index contributed by atoms with van der Waals surface area (Å²) in [5.74, 6) is 2.24. The van der Waals surface area contributed by atoms with Gasteiger partial charge in [0.15, 0.2) is 16.5 Å². The highest BCUT2D eigenvalue weighted by atomic mass is 32.1. The first kappa shape index (κ1) is 19.4. The van der Waals surface area contributed by atoms with Crippen LogP contribution >= 0.6 is 11.3 Å². The predicted octanol–water partition coefficient (Wildman–Crippen LogP) is 4.39. The zero-order valence-electron chi connectivity index (χ0n) is 16.6. The topological polar surface area (TPSA) is 77.2 Å². The number of ether oxygens (including phenoxy) is 3. The van der Waals surface area contributed by atoms with Gasteiger partial charge in [0.1, 0.15) is 17.3 Å². The lowest BCUT2D eigenvalue weighted by molar-refractivity contribution is 0.198. The van der Waals surface area contributed by atoms with Gasteiger partial charge in [-0.25, -0.2) is 4.98 Å². The van der Waals surface area contributed by atoms with E-state index in [1.54, 1.807) is 37.7 Å². The van der Waals surface area contributed by atoms with Crippen LogP contribution in [0.15, 0.2) is 36.4 Å². The van der Waals surface area contributed by atoms with Crippen molar-refractivity contribution in [3.05, 3.63) is 36.4 Å². The smallest absolute Gasteiger partial charge is 0.197 e. The van der Waals surface area contributed by atoms with Gasteiger partial charge in [0.25, 0.3) is 0 Å². The number of rotatable bonds is 8. The summed E-state index contributed by atoms with van der Waals surface area (Å²) in [7, 11) is 4.90. The Morgan fingerprint density at radius 2 is 1.97 bits per heavy atom. The number of methoxy groups -OCH3 is 3. The Bertz CT molecular complexity index is 1150. The zero-order chi connectivity index (χ0) is 20.4. The number of phenolic OH excluding ortho intramolecular Hbond substituents is 1. The number of phenols is 1.